The highest BCUT2D eigenvalue weighted by Crippen LogP contribution is 2.24. The number of rotatable bonds is 8. The first kappa shape index (κ1) is 23.1. The van der Waals surface area contributed by atoms with Crippen molar-refractivity contribution in [3.8, 4) is 5.75 Å². The van der Waals surface area contributed by atoms with Crippen LogP contribution in [0.2, 0.25) is 0 Å². The number of nitrogens with one attached hydrogen (secondary N) is 1. The van der Waals surface area contributed by atoms with Crippen molar-refractivity contribution >= 4 is 44.5 Å². The van der Waals surface area contributed by atoms with Gasteiger partial charge in [0.25, 0.3) is 5.69 Å². The molecule has 7 nitrogen and oxygen atoms in total. The smallest absolute Gasteiger partial charge is 0.273 e. The largest absolute Gasteiger partial charge is 0.488 e. The molecule has 1 amide bonds. The normalized spacial score (nSPS) is 11.0. The van der Waals surface area contributed by atoms with E-state index in [0.717, 1.165) is 15.4 Å². The number of fused-ring (bicyclic) bond motifs is 1. The Morgan fingerprint density at radius 3 is 2.59 bits per heavy atom. The van der Waals surface area contributed by atoms with Gasteiger partial charge in [-0.05, 0) is 40.6 Å². The Hall–Kier alpha value is -4.04. The van der Waals surface area contributed by atoms with Gasteiger partial charge in [-0.2, -0.15) is 5.10 Å². The summed E-state index contributed by atoms with van der Waals surface area (Å²) in [5, 5.41) is 17.4. The molecule has 0 fully saturated rings. The molecule has 0 aliphatic rings. The minimum Gasteiger partial charge on any atom is -0.488 e. The molecule has 34 heavy (non-hydrogen) atoms. The Balaban J connectivity index is 1.42. The van der Waals surface area contributed by atoms with E-state index in [2.05, 4.69) is 50.7 Å². The number of nitro benzene ring substituents is 1. The zero-order chi connectivity index (χ0) is 23.9. The molecule has 0 saturated carbocycles. The van der Waals surface area contributed by atoms with E-state index in [1.54, 1.807) is 18.2 Å². The molecule has 0 aliphatic carbocycles. The van der Waals surface area contributed by atoms with Crippen LogP contribution in [-0.4, -0.2) is 17.0 Å². The lowest BCUT2D eigenvalue weighted by Gasteiger charge is -2.10. The number of amides is 1. The summed E-state index contributed by atoms with van der Waals surface area (Å²) in [6.45, 7) is 0.372. The fraction of sp³-hybridized carbons (Fsp3) is 0.0769. The summed E-state index contributed by atoms with van der Waals surface area (Å²) in [6.07, 6.45) is 1.33. The van der Waals surface area contributed by atoms with E-state index in [9.17, 15) is 14.9 Å². The second kappa shape index (κ2) is 10.7. The molecule has 8 heteroatoms. The second-order valence-corrected chi connectivity index (χ2v) is 8.42. The van der Waals surface area contributed by atoms with E-state index >= 15 is 0 Å². The minimum absolute atomic E-state index is 0.0991. The molecule has 0 aromatic heterocycles. The molecule has 4 aromatic carbocycles. The van der Waals surface area contributed by atoms with Crippen molar-refractivity contribution in [2.75, 3.05) is 0 Å². The maximum Gasteiger partial charge on any atom is 0.273 e. The van der Waals surface area contributed by atoms with Crippen molar-refractivity contribution in [2.24, 2.45) is 5.10 Å². The van der Waals surface area contributed by atoms with Crippen molar-refractivity contribution in [1.82, 2.24) is 5.43 Å². The Morgan fingerprint density at radius 1 is 1.00 bits per heavy atom. The molecule has 0 heterocycles. The highest BCUT2D eigenvalue weighted by molar-refractivity contribution is 9.10. The van der Waals surface area contributed by atoms with E-state index < -0.39 is 10.8 Å². The summed E-state index contributed by atoms with van der Waals surface area (Å²) in [7, 11) is 0. The predicted molar refractivity (Wildman–Crippen MR) is 135 cm³/mol. The molecule has 170 valence electrons. The van der Waals surface area contributed by atoms with E-state index in [4.69, 9.17) is 4.74 Å². The molecule has 0 spiro atoms. The Labute approximate surface area is 204 Å². The summed E-state index contributed by atoms with van der Waals surface area (Å²) >= 11 is 3.44. The van der Waals surface area contributed by atoms with Crippen LogP contribution in [0.1, 0.15) is 16.7 Å². The fourth-order valence-corrected chi connectivity index (χ4v) is 3.84. The number of hydrogen-bond donors (Lipinski definition) is 1. The number of halogens is 1. The second-order valence-electron chi connectivity index (χ2n) is 7.51. The minimum atomic E-state index is -0.507. The molecule has 0 atom stereocenters. The molecule has 0 unspecified atom stereocenters. The molecule has 0 radical (unpaired) electrons. The van der Waals surface area contributed by atoms with Crippen molar-refractivity contribution in [3.63, 3.8) is 0 Å². The first-order chi connectivity index (χ1) is 16.5. The Morgan fingerprint density at radius 2 is 1.76 bits per heavy atom. The third kappa shape index (κ3) is 5.85. The molecular weight excluding hydrogens is 498 g/mol. The van der Waals surface area contributed by atoms with Gasteiger partial charge in [0.15, 0.2) is 0 Å². The maximum atomic E-state index is 12.3. The van der Waals surface area contributed by atoms with Gasteiger partial charge >= 0.3 is 0 Å². The molecular formula is C26H20BrN3O4. The van der Waals surface area contributed by atoms with E-state index in [1.807, 2.05) is 36.4 Å². The van der Waals surface area contributed by atoms with E-state index in [0.29, 0.717) is 23.5 Å². The van der Waals surface area contributed by atoms with Gasteiger partial charge in [-0.1, -0.05) is 70.5 Å². The van der Waals surface area contributed by atoms with Gasteiger partial charge in [0.1, 0.15) is 12.4 Å². The van der Waals surface area contributed by atoms with Crippen LogP contribution in [0.15, 0.2) is 94.5 Å². The predicted octanol–water partition coefficient (Wildman–Crippen LogP) is 5.78. The zero-order valence-electron chi connectivity index (χ0n) is 18.0. The van der Waals surface area contributed by atoms with Crippen LogP contribution in [0.3, 0.4) is 0 Å². The number of carbonyl (C=O) groups is 1. The first-order valence-electron chi connectivity index (χ1n) is 10.4. The van der Waals surface area contributed by atoms with Gasteiger partial charge in [0.05, 0.1) is 17.6 Å². The van der Waals surface area contributed by atoms with Crippen LogP contribution in [0.4, 0.5) is 5.69 Å². The average Bonchev–Trinajstić information content (AvgIpc) is 2.83. The van der Waals surface area contributed by atoms with Gasteiger partial charge in [-0.15, -0.1) is 0 Å². The number of carbonyl (C=O) groups excluding carboxylic acids is 1. The number of nitro groups is 1. The number of benzene rings is 4. The van der Waals surface area contributed by atoms with Gasteiger partial charge in [0, 0.05) is 21.7 Å². The molecule has 0 bridgehead atoms. The lowest BCUT2D eigenvalue weighted by Crippen LogP contribution is -2.20. The quantitative estimate of drug-likeness (QED) is 0.182. The van der Waals surface area contributed by atoms with Crippen LogP contribution in [0.5, 0.6) is 5.75 Å². The third-order valence-electron chi connectivity index (χ3n) is 5.11. The van der Waals surface area contributed by atoms with E-state index in [-0.39, 0.29) is 12.1 Å². The summed E-state index contributed by atoms with van der Waals surface area (Å²) in [5.41, 5.74) is 4.34. The summed E-state index contributed by atoms with van der Waals surface area (Å²) in [5.74, 6) is 0.146. The first-order valence-corrected chi connectivity index (χ1v) is 11.2. The van der Waals surface area contributed by atoms with Crippen LogP contribution in [0.25, 0.3) is 10.8 Å². The van der Waals surface area contributed by atoms with Crippen molar-refractivity contribution in [2.45, 2.75) is 13.0 Å². The average molecular weight is 518 g/mol. The van der Waals surface area contributed by atoms with Crippen molar-refractivity contribution < 1.29 is 14.5 Å². The molecule has 0 saturated heterocycles. The zero-order valence-corrected chi connectivity index (χ0v) is 19.6. The number of nitrogens with zero attached hydrogens (tertiary/aromatic N) is 2. The molecule has 4 aromatic rings. The molecule has 4 rings (SSSR count). The van der Waals surface area contributed by atoms with Crippen LogP contribution < -0.4 is 10.2 Å². The fourth-order valence-electron chi connectivity index (χ4n) is 3.47. The maximum absolute atomic E-state index is 12.3. The Bertz CT molecular complexity index is 1390. The lowest BCUT2D eigenvalue weighted by molar-refractivity contribution is -0.385. The van der Waals surface area contributed by atoms with Gasteiger partial charge in [-0.3, -0.25) is 14.9 Å². The molecule has 1 N–H and O–H groups in total. The highest BCUT2D eigenvalue weighted by atomic mass is 79.9. The van der Waals surface area contributed by atoms with Crippen LogP contribution >= 0.6 is 15.9 Å². The van der Waals surface area contributed by atoms with Gasteiger partial charge in [-0.25, -0.2) is 5.43 Å². The third-order valence-corrected chi connectivity index (χ3v) is 5.61. The number of hydrazone groups is 1. The number of para-hydroxylation sites is 1. The highest BCUT2D eigenvalue weighted by Gasteiger charge is 2.15. The topological polar surface area (TPSA) is 93.8 Å². The lowest BCUT2D eigenvalue weighted by atomic mass is 10.1. The monoisotopic (exact) mass is 517 g/mol. The number of hydrogen-bond acceptors (Lipinski definition) is 5. The Kier molecular flexibility index (Phi) is 7.29. The van der Waals surface area contributed by atoms with Gasteiger partial charge in [0.2, 0.25) is 5.91 Å². The summed E-state index contributed by atoms with van der Waals surface area (Å²) in [4.78, 5) is 22.9. The number of ether oxygens (including phenoxy) is 1. The standard InChI is InChI=1S/C26H20BrN3O4/c27-23-11-12-25(34-17-18-9-10-19-5-1-2-6-20(19)13-18)22(14-23)16-28-29-26(31)15-21-7-3-4-8-24(21)30(32)33/h1-14,16H,15,17H2,(H,29,31)/b28-16+. The van der Waals surface area contributed by atoms with Crippen molar-refractivity contribution in [3.05, 3.63) is 116 Å². The SMILES string of the molecule is O=C(Cc1ccccc1[N+](=O)[O-])N/N=C/c1cc(Br)ccc1OCc1ccc2ccccc2c1. The summed E-state index contributed by atoms with van der Waals surface area (Å²) in [6, 6.07) is 25.9. The van der Waals surface area contributed by atoms with E-state index in [1.165, 1.54) is 17.7 Å². The summed E-state index contributed by atoms with van der Waals surface area (Å²) < 4.78 is 6.85. The van der Waals surface area contributed by atoms with Crippen molar-refractivity contribution in [1.29, 1.82) is 0 Å². The van der Waals surface area contributed by atoms with Gasteiger partial charge < -0.3 is 4.74 Å². The molecule has 0 aliphatic heterocycles. The van der Waals surface area contributed by atoms with Crippen LogP contribution in [-0.2, 0) is 17.8 Å². The van der Waals surface area contributed by atoms with Crippen LogP contribution in [0, 0.1) is 10.1 Å².